The normalized spacial score (nSPS) is 25.6. The van der Waals surface area contributed by atoms with Crippen LogP contribution in [0.4, 0.5) is 19.0 Å². The van der Waals surface area contributed by atoms with Crippen molar-refractivity contribution in [3.63, 3.8) is 0 Å². The molecule has 2 aromatic rings. The fraction of sp³-hybridized carbons (Fsp3) is 0.526. The van der Waals surface area contributed by atoms with Crippen LogP contribution in [0.3, 0.4) is 0 Å². The highest BCUT2D eigenvalue weighted by molar-refractivity contribution is 6.04. The minimum Gasteiger partial charge on any atom is -0.363 e. The Morgan fingerprint density at radius 2 is 2.10 bits per heavy atom. The molecule has 3 aliphatic rings. The van der Waals surface area contributed by atoms with Crippen molar-refractivity contribution >= 4 is 11.7 Å². The Kier molecular flexibility index (Phi) is 4.09. The predicted molar refractivity (Wildman–Crippen MR) is 99.0 cm³/mol. The first-order chi connectivity index (χ1) is 13.8. The Labute approximate surface area is 164 Å². The zero-order chi connectivity index (χ0) is 20.3. The van der Waals surface area contributed by atoms with Crippen LogP contribution < -0.4 is 16.4 Å². The van der Waals surface area contributed by atoms with Gasteiger partial charge in [-0.15, -0.1) is 0 Å². The van der Waals surface area contributed by atoms with Crippen LogP contribution in [0.15, 0.2) is 12.4 Å². The van der Waals surface area contributed by atoms with E-state index in [1.54, 1.807) is 12.4 Å². The molecule has 29 heavy (non-hydrogen) atoms. The summed E-state index contributed by atoms with van der Waals surface area (Å²) in [5.74, 6) is -4.30. The number of hydrogen-bond donors (Lipinski definition) is 3. The van der Waals surface area contributed by atoms with Gasteiger partial charge >= 0.3 is 0 Å². The number of pyridine rings is 1. The lowest BCUT2D eigenvalue weighted by atomic mass is 9.87. The third-order valence-corrected chi connectivity index (χ3v) is 5.95. The monoisotopic (exact) mass is 406 g/mol. The molecule has 1 aliphatic heterocycles. The van der Waals surface area contributed by atoms with Gasteiger partial charge in [0.05, 0.1) is 29.5 Å². The van der Waals surface area contributed by atoms with Crippen molar-refractivity contribution in [3.05, 3.63) is 29.3 Å². The molecule has 2 fully saturated rings. The molecule has 2 aromatic heterocycles. The summed E-state index contributed by atoms with van der Waals surface area (Å²) in [6.07, 6.45) is 5.85. The molecule has 5 rings (SSSR count). The summed E-state index contributed by atoms with van der Waals surface area (Å²) in [5.41, 5.74) is 6.97. The summed E-state index contributed by atoms with van der Waals surface area (Å²) in [6.45, 7) is 0.0217. The highest BCUT2D eigenvalue weighted by atomic mass is 19.3. The maximum absolute atomic E-state index is 15.1. The van der Waals surface area contributed by atoms with Gasteiger partial charge in [0.25, 0.3) is 11.8 Å². The number of fused-ring (bicyclic) bond motifs is 1. The van der Waals surface area contributed by atoms with Crippen LogP contribution in [0, 0.1) is 5.82 Å². The van der Waals surface area contributed by atoms with E-state index in [1.165, 1.54) is 0 Å². The molecule has 0 aromatic carbocycles. The lowest BCUT2D eigenvalue weighted by Gasteiger charge is -2.36. The summed E-state index contributed by atoms with van der Waals surface area (Å²) >= 11 is 0. The van der Waals surface area contributed by atoms with Gasteiger partial charge in [0.2, 0.25) is 0 Å². The minimum absolute atomic E-state index is 0.0217. The Hall–Kier alpha value is -2.62. The van der Waals surface area contributed by atoms with Crippen molar-refractivity contribution in [1.82, 2.24) is 20.1 Å². The molecule has 2 unspecified atom stereocenters. The van der Waals surface area contributed by atoms with Gasteiger partial charge in [-0.3, -0.25) is 9.48 Å². The largest absolute Gasteiger partial charge is 0.363 e. The van der Waals surface area contributed by atoms with Gasteiger partial charge in [0.1, 0.15) is 0 Å². The predicted octanol–water partition coefficient (Wildman–Crippen LogP) is 2.59. The second-order valence-corrected chi connectivity index (χ2v) is 8.03. The molecule has 7 nitrogen and oxygen atoms in total. The molecule has 3 heterocycles. The van der Waals surface area contributed by atoms with E-state index in [9.17, 15) is 13.6 Å². The summed E-state index contributed by atoms with van der Waals surface area (Å²) in [7, 11) is 0. The van der Waals surface area contributed by atoms with Crippen molar-refractivity contribution in [2.24, 2.45) is 5.73 Å². The third-order valence-electron chi connectivity index (χ3n) is 5.95. The van der Waals surface area contributed by atoms with Crippen LogP contribution in [0.25, 0.3) is 11.3 Å². The van der Waals surface area contributed by atoms with Gasteiger partial charge in [0, 0.05) is 36.3 Å². The SMILES string of the molecule is NC1C(Nc2nc(-c3cnn(C4CC4)c3)c3c(c2F)CNC3=O)CCCC1(F)F. The summed E-state index contributed by atoms with van der Waals surface area (Å²) < 4.78 is 44.9. The van der Waals surface area contributed by atoms with Crippen molar-refractivity contribution in [3.8, 4) is 11.3 Å². The van der Waals surface area contributed by atoms with Gasteiger partial charge < -0.3 is 16.4 Å². The average molecular weight is 406 g/mol. The van der Waals surface area contributed by atoms with Crippen LogP contribution in [0.2, 0.25) is 0 Å². The van der Waals surface area contributed by atoms with Crippen LogP contribution in [0.5, 0.6) is 0 Å². The van der Waals surface area contributed by atoms with E-state index in [-0.39, 0.29) is 36.3 Å². The van der Waals surface area contributed by atoms with E-state index >= 15 is 4.39 Å². The molecular weight excluding hydrogens is 385 g/mol. The molecular formula is C19H21F3N6O. The van der Waals surface area contributed by atoms with E-state index in [4.69, 9.17) is 5.73 Å². The van der Waals surface area contributed by atoms with Crippen LogP contribution >= 0.6 is 0 Å². The maximum Gasteiger partial charge on any atom is 0.264 e. The Bertz CT molecular complexity index is 987. The zero-order valence-corrected chi connectivity index (χ0v) is 15.6. The minimum atomic E-state index is -3.02. The third kappa shape index (κ3) is 3.06. The fourth-order valence-electron chi connectivity index (χ4n) is 4.12. The van der Waals surface area contributed by atoms with Crippen molar-refractivity contribution in [1.29, 1.82) is 0 Å². The number of nitrogens with two attached hydrogens (primary N) is 1. The van der Waals surface area contributed by atoms with Crippen molar-refractivity contribution < 1.29 is 18.0 Å². The van der Waals surface area contributed by atoms with Crippen molar-refractivity contribution in [2.45, 2.75) is 62.7 Å². The van der Waals surface area contributed by atoms with Crippen LogP contribution in [-0.2, 0) is 6.54 Å². The first kappa shape index (κ1) is 18.4. The number of amides is 1. The lowest BCUT2D eigenvalue weighted by Crippen LogP contribution is -2.55. The second-order valence-electron chi connectivity index (χ2n) is 8.03. The molecule has 0 bridgehead atoms. The second kappa shape index (κ2) is 6.45. The smallest absolute Gasteiger partial charge is 0.264 e. The van der Waals surface area contributed by atoms with Gasteiger partial charge in [-0.25, -0.2) is 18.2 Å². The van der Waals surface area contributed by atoms with E-state index < -0.39 is 29.7 Å². The molecule has 154 valence electrons. The maximum atomic E-state index is 15.1. The molecule has 10 heteroatoms. The standard InChI is InChI=1S/C19H21F3N6O/c20-14-11-7-24-18(29)13(11)15(9-6-25-28(8-9)10-3-4-10)27-17(14)26-12-2-1-5-19(21,22)16(12)23/h6,8,10,12,16H,1-5,7,23H2,(H,24,29)(H,26,27). The van der Waals surface area contributed by atoms with Crippen molar-refractivity contribution in [2.75, 3.05) is 5.32 Å². The summed E-state index contributed by atoms with van der Waals surface area (Å²) in [6, 6.07) is -1.91. The van der Waals surface area contributed by atoms with Gasteiger partial charge in [-0.2, -0.15) is 5.10 Å². The molecule has 2 atom stereocenters. The quantitative estimate of drug-likeness (QED) is 0.725. The number of carbonyl (C=O) groups is 1. The topological polar surface area (TPSA) is 97.9 Å². The van der Waals surface area contributed by atoms with Gasteiger partial charge in [0.15, 0.2) is 11.6 Å². The Balaban J connectivity index is 1.55. The summed E-state index contributed by atoms with van der Waals surface area (Å²) in [4.78, 5) is 16.7. The first-order valence-corrected chi connectivity index (χ1v) is 9.80. The summed E-state index contributed by atoms with van der Waals surface area (Å²) in [5, 5.41) is 9.72. The molecule has 2 saturated carbocycles. The van der Waals surface area contributed by atoms with Crippen LogP contribution in [-0.4, -0.2) is 38.7 Å². The van der Waals surface area contributed by atoms with Gasteiger partial charge in [-0.1, -0.05) is 0 Å². The molecule has 4 N–H and O–H groups in total. The highest BCUT2D eigenvalue weighted by Crippen LogP contribution is 2.38. The lowest BCUT2D eigenvalue weighted by molar-refractivity contribution is -0.0555. The molecule has 0 spiro atoms. The van der Waals surface area contributed by atoms with E-state index in [1.807, 2.05) is 4.68 Å². The number of halogens is 3. The number of anilines is 1. The first-order valence-electron chi connectivity index (χ1n) is 9.80. The highest BCUT2D eigenvalue weighted by Gasteiger charge is 2.45. The zero-order valence-electron chi connectivity index (χ0n) is 15.6. The van der Waals surface area contributed by atoms with Gasteiger partial charge in [-0.05, 0) is 25.7 Å². The Morgan fingerprint density at radius 1 is 1.31 bits per heavy atom. The average Bonchev–Trinajstić information content (AvgIpc) is 3.28. The number of carbonyl (C=O) groups excluding carboxylic acids is 1. The number of aromatic nitrogens is 3. The number of alkyl halides is 2. The number of rotatable bonds is 4. The number of hydrogen-bond acceptors (Lipinski definition) is 5. The van der Waals surface area contributed by atoms with E-state index in [0.29, 0.717) is 23.7 Å². The molecule has 0 radical (unpaired) electrons. The molecule has 0 saturated heterocycles. The molecule has 2 aliphatic carbocycles. The fourth-order valence-corrected chi connectivity index (χ4v) is 4.12. The van der Waals surface area contributed by atoms with E-state index in [2.05, 4.69) is 20.7 Å². The number of nitrogens with zero attached hydrogens (tertiary/aromatic N) is 3. The van der Waals surface area contributed by atoms with Crippen LogP contribution in [0.1, 0.15) is 54.1 Å². The molecule has 1 amide bonds. The number of nitrogens with one attached hydrogen (secondary N) is 2. The Morgan fingerprint density at radius 3 is 2.86 bits per heavy atom. The van der Waals surface area contributed by atoms with E-state index in [0.717, 1.165) is 12.8 Å².